The third-order valence-electron chi connectivity index (χ3n) is 3.36. The number of rotatable bonds is 4. The highest BCUT2D eigenvalue weighted by Gasteiger charge is 2.13. The number of carbonyl (C=O) groups excluding carboxylic acids is 1. The van der Waals surface area contributed by atoms with Crippen molar-refractivity contribution in [1.29, 1.82) is 0 Å². The number of hydrogen-bond acceptors (Lipinski definition) is 5. The van der Waals surface area contributed by atoms with Gasteiger partial charge in [0, 0.05) is 11.1 Å². The zero-order chi connectivity index (χ0) is 16.4. The second-order valence-electron chi connectivity index (χ2n) is 4.94. The van der Waals surface area contributed by atoms with Gasteiger partial charge in [-0.1, -0.05) is 53.3 Å². The van der Waals surface area contributed by atoms with E-state index in [9.17, 15) is 4.79 Å². The minimum absolute atomic E-state index is 0.0379. The lowest BCUT2D eigenvalue weighted by Gasteiger charge is -2.05. The maximum Gasteiger partial charge on any atom is 0.351 e. The fourth-order valence-corrected chi connectivity index (χ4v) is 3.32. The number of nitrogens with zero attached hydrogens (tertiary/aromatic N) is 1. The van der Waals surface area contributed by atoms with Crippen LogP contribution in [0.4, 0.5) is 5.13 Å². The molecule has 3 rings (SSSR count). The maximum atomic E-state index is 11.7. The van der Waals surface area contributed by atoms with Gasteiger partial charge in [0.15, 0.2) is 5.13 Å². The molecule has 6 heteroatoms. The lowest BCUT2D eigenvalue weighted by atomic mass is 10.1. The molecule has 0 amide bonds. The average Bonchev–Trinajstić information content (AvgIpc) is 2.97. The van der Waals surface area contributed by atoms with Gasteiger partial charge in [0.05, 0.1) is 16.8 Å². The number of esters is 1. The summed E-state index contributed by atoms with van der Waals surface area (Å²) in [6.45, 7) is 3.75. The van der Waals surface area contributed by atoms with Gasteiger partial charge >= 0.3 is 5.97 Å². The first kappa shape index (κ1) is 15.8. The van der Waals surface area contributed by atoms with Crippen molar-refractivity contribution in [3.63, 3.8) is 0 Å². The molecule has 0 aliphatic heterocycles. The smallest absolute Gasteiger partial charge is 0.351 e. The van der Waals surface area contributed by atoms with Crippen LogP contribution in [0.25, 0.3) is 21.0 Å². The third kappa shape index (κ3) is 3.16. The summed E-state index contributed by atoms with van der Waals surface area (Å²) in [5.74, 6) is -0.536. The van der Waals surface area contributed by atoms with Gasteiger partial charge in [0.25, 0.3) is 0 Å². The normalized spacial score (nSPS) is 12.3. The van der Waals surface area contributed by atoms with Gasteiger partial charge in [-0.05, 0) is 25.3 Å². The fraction of sp³-hybridized carbons (Fsp3) is 0.176. The number of carbonyl (C=O) groups is 1. The molecular weight excluding hydrogens is 332 g/mol. The molecule has 0 aliphatic carbocycles. The van der Waals surface area contributed by atoms with E-state index in [1.54, 1.807) is 13.8 Å². The largest absolute Gasteiger partial charge is 0.462 e. The van der Waals surface area contributed by atoms with Crippen molar-refractivity contribution in [2.24, 2.45) is 0 Å². The molecule has 0 fully saturated rings. The molecular formula is C17H15ClN2O2S. The highest BCUT2D eigenvalue weighted by atomic mass is 35.5. The molecule has 2 aromatic carbocycles. The van der Waals surface area contributed by atoms with E-state index in [-0.39, 0.29) is 11.6 Å². The molecule has 1 heterocycles. The van der Waals surface area contributed by atoms with Gasteiger partial charge in [0.1, 0.15) is 5.03 Å². The van der Waals surface area contributed by atoms with Gasteiger partial charge in [-0.25, -0.2) is 9.78 Å². The Labute approximate surface area is 142 Å². The Kier molecular flexibility index (Phi) is 4.50. The third-order valence-corrected chi connectivity index (χ3v) is 4.74. The Bertz CT molecular complexity index is 917. The van der Waals surface area contributed by atoms with Crippen molar-refractivity contribution in [3.8, 4) is 0 Å². The number of anilines is 1. The van der Waals surface area contributed by atoms with Crippen LogP contribution in [0.1, 0.15) is 13.8 Å². The van der Waals surface area contributed by atoms with Crippen LogP contribution in [-0.2, 0) is 9.53 Å². The second-order valence-corrected chi connectivity index (χ2v) is 6.35. The van der Waals surface area contributed by atoms with E-state index < -0.39 is 5.97 Å². The second kappa shape index (κ2) is 6.56. The van der Waals surface area contributed by atoms with Crippen molar-refractivity contribution >= 4 is 55.0 Å². The van der Waals surface area contributed by atoms with Crippen LogP contribution in [0.15, 0.2) is 47.1 Å². The molecule has 23 heavy (non-hydrogen) atoms. The SMILES string of the molecule is CCOC(=O)/C(Cl)=C(\C)Nc1nc2c(ccc3ccccc32)s1. The first-order valence-electron chi connectivity index (χ1n) is 7.19. The van der Waals surface area contributed by atoms with E-state index in [0.29, 0.717) is 10.8 Å². The average molecular weight is 347 g/mol. The van der Waals surface area contributed by atoms with Gasteiger partial charge < -0.3 is 10.1 Å². The summed E-state index contributed by atoms with van der Waals surface area (Å²) in [6.07, 6.45) is 0. The van der Waals surface area contributed by atoms with Crippen LogP contribution < -0.4 is 5.32 Å². The molecule has 0 bridgehead atoms. The summed E-state index contributed by atoms with van der Waals surface area (Å²) in [5.41, 5.74) is 1.46. The van der Waals surface area contributed by atoms with E-state index in [0.717, 1.165) is 21.0 Å². The number of aromatic nitrogens is 1. The van der Waals surface area contributed by atoms with Gasteiger partial charge in [-0.15, -0.1) is 0 Å². The Hall–Kier alpha value is -2.11. The molecule has 1 N–H and O–H groups in total. The fourth-order valence-electron chi connectivity index (χ4n) is 2.28. The van der Waals surface area contributed by atoms with E-state index in [1.165, 1.54) is 11.3 Å². The highest BCUT2D eigenvalue weighted by Crippen LogP contribution is 2.32. The standard InChI is InChI=1S/C17H15ClN2O2S/c1-3-22-16(21)14(18)10(2)19-17-20-15-12-7-5-4-6-11(12)8-9-13(15)23-17/h4-9H,3H2,1-2H3,(H,19,20)/b14-10-. The number of ether oxygens (including phenoxy) is 1. The minimum Gasteiger partial charge on any atom is -0.462 e. The van der Waals surface area contributed by atoms with Crippen molar-refractivity contribution in [3.05, 3.63) is 47.1 Å². The Morgan fingerprint density at radius 1 is 1.30 bits per heavy atom. The number of fused-ring (bicyclic) bond motifs is 3. The van der Waals surface area contributed by atoms with Crippen LogP contribution in [0, 0.1) is 0 Å². The molecule has 0 aliphatic rings. The number of benzene rings is 2. The predicted octanol–water partition coefficient (Wildman–Crippen LogP) is 4.89. The predicted molar refractivity (Wildman–Crippen MR) is 95.9 cm³/mol. The van der Waals surface area contributed by atoms with E-state index >= 15 is 0 Å². The first-order chi connectivity index (χ1) is 11.1. The zero-order valence-electron chi connectivity index (χ0n) is 12.7. The summed E-state index contributed by atoms with van der Waals surface area (Å²) >= 11 is 7.54. The number of hydrogen-bond donors (Lipinski definition) is 1. The topological polar surface area (TPSA) is 51.2 Å². The van der Waals surface area contributed by atoms with E-state index in [4.69, 9.17) is 16.3 Å². The Morgan fingerprint density at radius 2 is 2.09 bits per heavy atom. The number of halogens is 1. The monoisotopic (exact) mass is 346 g/mol. The highest BCUT2D eigenvalue weighted by molar-refractivity contribution is 7.22. The maximum absolute atomic E-state index is 11.7. The molecule has 0 unspecified atom stereocenters. The van der Waals surface area contributed by atoms with Crippen molar-refractivity contribution in [2.75, 3.05) is 11.9 Å². The van der Waals surface area contributed by atoms with Crippen LogP contribution in [-0.4, -0.2) is 17.6 Å². The molecule has 0 saturated heterocycles. The Morgan fingerprint density at radius 3 is 2.87 bits per heavy atom. The van der Waals surface area contributed by atoms with Gasteiger partial charge in [-0.2, -0.15) is 0 Å². The number of nitrogens with one attached hydrogen (secondary N) is 1. The summed E-state index contributed by atoms with van der Waals surface area (Å²) in [4.78, 5) is 16.3. The molecule has 0 spiro atoms. The van der Waals surface area contributed by atoms with Crippen molar-refractivity contribution in [2.45, 2.75) is 13.8 Å². The van der Waals surface area contributed by atoms with E-state index in [1.807, 2.05) is 18.2 Å². The molecule has 118 valence electrons. The van der Waals surface area contributed by atoms with Crippen LogP contribution >= 0.6 is 22.9 Å². The quantitative estimate of drug-likeness (QED) is 0.539. The summed E-state index contributed by atoms with van der Waals surface area (Å²) in [7, 11) is 0. The van der Waals surface area contributed by atoms with Gasteiger partial charge in [0.2, 0.25) is 0 Å². The van der Waals surface area contributed by atoms with Crippen LogP contribution in [0.3, 0.4) is 0 Å². The van der Waals surface area contributed by atoms with Crippen LogP contribution in [0.2, 0.25) is 0 Å². The molecule has 0 atom stereocenters. The summed E-state index contributed by atoms with van der Waals surface area (Å²) < 4.78 is 5.97. The molecule has 4 nitrogen and oxygen atoms in total. The lowest BCUT2D eigenvalue weighted by molar-refractivity contribution is -0.137. The van der Waals surface area contributed by atoms with Crippen molar-refractivity contribution < 1.29 is 9.53 Å². The lowest BCUT2D eigenvalue weighted by Crippen LogP contribution is -2.08. The van der Waals surface area contributed by atoms with E-state index in [2.05, 4.69) is 28.5 Å². The summed E-state index contributed by atoms with van der Waals surface area (Å²) in [5, 5.41) is 6.07. The molecule has 0 radical (unpaired) electrons. The van der Waals surface area contributed by atoms with Gasteiger partial charge in [-0.3, -0.25) is 0 Å². The zero-order valence-corrected chi connectivity index (χ0v) is 14.3. The van der Waals surface area contributed by atoms with Crippen molar-refractivity contribution in [1.82, 2.24) is 4.98 Å². The first-order valence-corrected chi connectivity index (χ1v) is 8.38. The minimum atomic E-state index is -0.536. The molecule has 3 aromatic rings. The number of allylic oxidation sites excluding steroid dienone is 1. The number of thiazole rings is 1. The van der Waals surface area contributed by atoms with Crippen LogP contribution in [0.5, 0.6) is 0 Å². The molecule has 0 saturated carbocycles. The molecule has 1 aromatic heterocycles. The summed E-state index contributed by atoms with van der Waals surface area (Å²) in [6, 6.07) is 12.2. The Balaban J connectivity index is 1.96.